The third kappa shape index (κ3) is 5.75. The lowest BCUT2D eigenvalue weighted by atomic mass is 10.2. The van der Waals surface area contributed by atoms with E-state index in [-0.39, 0.29) is 18.9 Å². The van der Waals surface area contributed by atoms with Gasteiger partial charge in [0.05, 0.1) is 5.56 Å². The number of halogens is 4. The normalized spacial score (nSPS) is 12.8. The molecule has 0 aliphatic heterocycles. The lowest BCUT2D eigenvalue weighted by Crippen LogP contribution is -2.33. The van der Waals surface area contributed by atoms with Crippen LogP contribution in [0.3, 0.4) is 0 Å². The maximum atomic E-state index is 12.5. The van der Waals surface area contributed by atoms with Crippen LogP contribution in [0.4, 0.5) is 19.0 Å². The molecule has 1 atom stereocenters. The Labute approximate surface area is 148 Å². The molecule has 136 valence electrons. The first-order chi connectivity index (χ1) is 11.6. The number of hydrogen-bond donors (Lipinski definition) is 1. The van der Waals surface area contributed by atoms with Crippen molar-refractivity contribution in [3.63, 3.8) is 0 Å². The fraction of sp³-hybridized carbons (Fsp3) is 0.375. The summed E-state index contributed by atoms with van der Waals surface area (Å²) in [6.45, 7) is 1.83. The summed E-state index contributed by atoms with van der Waals surface area (Å²) >= 11 is 5.87. The van der Waals surface area contributed by atoms with Gasteiger partial charge in [-0.1, -0.05) is 11.6 Å². The second-order valence-electron chi connectivity index (χ2n) is 5.46. The number of anilines is 1. The molecule has 0 spiro atoms. The molecule has 0 aliphatic carbocycles. The number of hydrogen-bond acceptors (Lipinski definition) is 5. The topological polar surface area (TPSA) is 58.5 Å². The summed E-state index contributed by atoms with van der Waals surface area (Å²) in [6, 6.07) is 5.86. The summed E-state index contributed by atoms with van der Waals surface area (Å²) in [4.78, 5) is 9.85. The number of aromatic nitrogens is 2. The van der Waals surface area contributed by atoms with E-state index < -0.39 is 17.8 Å². The lowest BCUT2D eigenvalue weighted by Gasteiger charge is -2.22. The Morgan fingerprint density at radius 2 is 1.88 bits per heavy atom. The minimum atomic E-state index is -4.39. The highest BCUT2D eigenvalue weighted by atomic mass is 35.5. The maximum Gasteiger partial charge on any atom is 0.416 e. The third-order valence-electron chi connectivity index (χ3n) is 3.29. The Bertz CT molecular complexity index is 691. The summed E-state index contributed by atoms with van der Waals surface area (Å²) in [5, 5.41) is 10.3. The molecule has 0 amide bonds. The summed E-state index contributed by atoms with van der Waals surface area (Å²) in [7, 11) is 1.72. The van der Waals surface area contributed by atoms with Crippen LogP contribution >= 0.6 is 11.6 Å². The fourth-order valence-corrected chi connectivity index (χ4v) is 2.33. The van der Waals surface area contributed by atoms with Crippen LogP contribution < -0.4 is 9.64 Å². The van der Waals surface area contributed by atoms with Gasteiger partial charge in [0.2, 0.25) is 0 Å². The highest BCUT2D eigenvalue weighted by Gasteiger charge is 2.30. The van der Waals surface area contributed by atoms with Gasteiger partial charge in [0.1, 0.15) is 35.3 Å². The van der Waals surface area contributed by atoms with Crippen molar-refractivity contribution in [3.05, 3.63) is 46.9 Å². The Hall–Kier alpha value is -2.06. The molecular formula is C16H17ClF3N3O2. The van der Waals surface area contributed by atoms with Crippen LogP contribution in [-0.4, -0.2) is 41.4 Å². The van der Waals surface area contributed by atoms with Gasteiger partial charge in [-0.2, -0.15) is 13.2 Å². The Morgan fingerprint density at radius 3 is 2.44 bits per heavy atom. The van der Waals surface area contributed by atoms with Crippen molar-refractivity contribution in [2.45, 2.75) is 19.2 Å². The first kappa shape index (κ1) is 19.3. The molecule has 0 radical (unpaired) electrons. The van der Waals surface area contributed by atoms with E-state index in [2.05, 4.69) is 9.97 Å². The minimum absolute atomic E-state index is 0.0759. The van der Waals surface area contributed by atoms with Crippen LogP contribution in [0.15, 0.2) is 30.3 Å². The van der Waals surface area contributed by atoms with Crippen LogP contribution in [0, 0.1) is 6.92 Å². The molecule has 1 aromatic carbocycles. The standard InChI is InChI=1S/C16H17ClF3N3O2/c1-10-21-14(17)7-15(22-10)23(2)8-12(24)9-25-13-5-3-11(4-6-13)16(18,19)20/h3-7,12,24H,8-9H2,1-2H3/t12-/m1/s1. The first-order valence-electron chi connectivity index (χ1n) is 7.35. The highest BCUT2D eigenvalue weighted by molar-refractivity contribution is 6.29. The molecule has 0 aliphatic rings. The Kier molecular flexibility index (Phi) is 6.07. The second-order valence-corrected chi connectivity index (χ2v) is 5.85. The van der Waals surface area contributed by atoms with Gasteiger partial charge in [-0.25, -0.2) is 9.97 Å². The zero-order valence-corrected chi connectivity index (χ0v) is 14.3. The molecule has 25 heavy (non-hydrogen) atoms. The van der Waals surface area contributed by atoms with Gasteiger partial charge in [0.25, 0.3) is 0 Å². The van der Waals surface area contributed by atoms with Crippen molar-refractivity contribution >= 4 is 17.4 Å². The Morgan fingerprint density at radius 1 is 1.24 bits per heavy atom. The van der Waals surface area contributed by atoms with Crippen LogP contribution in [0.5, 0.6) is 5.75 Å². The first-order valence-corrected chi connectivity index (χ1v) is 7.73. The van der Waals surface area contributed by atoms with Crippen LogP contribution in [0.1, 0.15) is 11.4 Å². The van der Waals surface area contributed by atoms with E-state index in [4.69, 9.17) is 16.3 Å². The number of ether oxygens (including phenoxy) is 1. The van der Waals surface area contributed by atoms with E-state index in [0.717, 1.165) is 12.1 Å². The molecule has 0 unspecified atom stereocenters. The van der Waals surface area contributed by atoms with Crippen molar-refractivity contribution in [2.24, 2.45) is 0 Å². The van der Waals surface area contributed by atoms with Crippen LogP contribution in [0.25, 0.3) is 0 Å². The van der Waals surface area contributed by atoms with Crippen molar-refractivity contribution in [1.29, 1.82) is 0 Å². The van der Waals surface area contributed by atoms with Crippen LogP contribution in [0.2, 0.25) is 5.15 Å². The number of rotatable bonds is 6. The van der Waals surface area contributed by atoms with Gasteiger partial charge in [-0.15, -0.1) is 0 Å². The number of aryl methyl sites for hydroxylation is 1. The van der Waals surface area contributed by atoms with Crippen molar-refractivity contribution in [3.8, 4) is 5.75 Å². The van der Waals surface area contributed by atoms with E-state index in [0.29, 0.717) is 16.8 Å². The third-order valence-corrected chi connectivity index (χ3v) is 3.49. The van der Waals surface area contributed by atoms with E-state index >= 15 is 0 Å². The quantitative estimate of drug-likeness (QED) is 0.785. The molecule has 0 saturated heterocycles. The minimum Gasteiger partial charge on any atom is -0.491 e. The predicted molar refractivity (Wildman–Crippen MR) is 88.0 cm³/mol. The number of alkyl halides is 3. The van der Waals surface area contributed by atoms with E-state index in [9.17, 15) is 18.3 Å². The molecule has 1 heterocycles. The molecule has 9 heteroatoms. The zero-order valence-electron chi connectivity index (χ0n) is 13.6. The lowest BCUT2D eigenvalue weighted by molar-refractivity contribution is -0.137. The van der Waals surface area contributed by atoms with E-state index in [1.807, 2.05) is 0 Å². The van der Waals surface area contributed by atoms with Gasteiger partial charge < -0.3 is 14.7 Å². The number of nitrogens with zero attached hydrogens (tertiary/aromatic N) is 3. The molecule has 5 nitrogen and oxygen atoms in total. The summed E-state index contributed by atoms with van der Waals surface area (Å²) < 4.78 is 42.8. The molecule has 2 rings (SSSR count). The number of benzene rings is 1. The van der Waals surface area contributed by atoms with Gasteiger partial charge in [-0.05, 0) is 31.2 Å². The average molecular weight is 376 g/mol. The maximum absolute atomic E-state index is 12.5. The SMILES string of the molecule is Cc1nc(Cl)cc(N(C)C[C@@H](O)COc2ccc(C(F)(F)F)cc2)n1. The molecule has 1 N–H and O–H groups in total. The summed E-state index contributed by atoms with van der Waals surface area (Å²) in [5.74, 6) is 1.30. The second kappa shape index (κ2) is 7.88. The number of aliphatic hydroxyl groups is 1. The predicted octanol–water partition coefficient (Wildman–Crippen LogP) is 3.33. The largest absolute Gasteiger partial charge is 0.491 e. The Balaban J connectivity index is 1.88. The van der Waals surface area contributed by atoms with Crippen molar-refractivity contribution < 1.29 is 23.0 Å². The molecule has 0 fully saturated rings. The highest BCUT2D eigenvalue weighted by Crippen LogP contribution is 2.30. The summed E-state index contributed by atoms with van der Waals surface area (Å²) in [6.07, 6.45) is -5.26. The fourth-order valence-electron chi connectivity index (χ4n) is 2.11. The number of aliphatic hydroxyl groups excluding tert-OH is 1. The number of likely N-dealkylation sites (N-methyl/N-ethyl adjacent to an activating group) is 1. The van der Waals surface area contributed by atoms with Gasteiger partial charge in [0.15, 0.2) is 0 Å². The van der Waals surface area contributed by atoms with Gasteiger partial charge in [-0.3, -0.25) is 0 Å². The molecule has 0 saturated carbocycles. The van der Waals surface area contributed by atoms with Crippen molar-refractivity contribution in [1.82, 2.24) is 9.97 Å². The smallest absolute Gasteiger partial charge is 0.416 e. The van der Waals surface area contributed by atoms with E-state index in [1.54, 1.807) is 24.9 Å². The van der Waals surface area contributed by atoms with Gasteiger partial charge in [0, 0.05) is 19.7 Å². The zero-order chi connectivity index (χ0) is 18.6. The molecule has 2 aromatic rings. The summed E-state index contributed by atoms with van der Waals surface area (Å²) in [5.41, 5.74) is -0.754. The molecule has 1 aromatic heterocycles. The van der Waals surface area contributed by atoms with E-state index in [1.165, 1.54) is 12.1 Å². The molecule has 0 bridgehead atoms. The van der Waals surface area contributed by atoms with Crippen LogP contribution in [-0.2, 0) is 6.18 Å². The monoisotopic (exact) mass is 375 g/mol. The van der Waals surface area contributed by atoms with Crippen molar-refractivity contribution in [2.75, 3.05) is 25.1 Å². The molecular weight excluding hydrogens is 359 g/mol. The van der Waals surface area contributed by atoms with Gasteiger partial charge >= 0.3 is 6.18 Å². The average Bonchev–Trinajstić information content (AvgIpc) is 2.51.